The molecule has 1 nitrogen and oxygen atoms in total. The molecule has 238 valence electrons. The Bertz CT molecular complexity index is 3460. The number of furan rings is 1. The van der Waals surface area contributed by atoms with Gasteiger partial charge in [-0.05, 0) is 71.8 Å². The molecule has 0 aliphatic carbocycles. The van der Waals surface area contributed by atoms with Gasteiger partial charge >= 0.3 is 0 Å². The third kappa shape index (κ3) is 5.62. The van der Waals surface area contributed by atoms with Crippen LogP contribution in [0.25, 0.3) is 87.6 Å². The van der Waals surface area contributed by atoms with Crippen LogP contribution in [0.4, 0.5) is 0 Å². The first-order valence-electron chi connectivity index (χ1n) is 18.7. The summed E-state index contributed by atoms with van der Waals surface area (Å²) >= 11 is 0. The Hall–Kier alpha value is -4.43. The van der Waals surface area contributed by atoms with Crippen molar-refractivity contribution in [3.63, 3.8) is 0 Å². The van der Waals surface area contributed by atoms with Crippen molar-refractivity contribution >= 4 is 307 Å². The molecule has 62 heavy (non-hydrogen) atoms. The molecule has 0 atom stereocenters. The zero-order chi connectivity index (χ0) is 44.9. The summed E-state index contributed by atoms with van der Waals surface area (Å²) in [5.74, 6) is 0. The lowest BCUT2D eigenvalue weighted by Gasteiger charge is -2.32. The fourth-order valence-electron chi connectivity index (χ4n) is 8.87. The van der Waals surface area contributed by atoms with Crippen molar-refractivity contribution in [1.29, 1.82) is 0 Å². The summed E-state index contributed by atoms with van der Waals surface area (Å²) in [6.07, 6.45) is 0. The van der Waals surface area contributed by atoms with Gasteiger partial charge in [0.1, 0.15) is 160 Å². The zero-order valence-electron chi connectivity index (χ0n) is 32.9. The van der Waals surface area contributed by atoms with Gasteiger partial charge in [0.15, 0.2) is 0 Å². The van der Waals surface area contributed by atoms with Gasteiger partial charge in [0, 0.05) is 10.8 Å². The van der Waals surface area contributed by atoms with E-state index < -0.39 is 0 Å². The molecule has 1 heterocycles. The Morgan fingerprint density at radius 1 is 0.242 bits per heavy atom. The highest BCUT2D eigenvalue weighted by Crippen LogP contribution is 2.40. The molecule has 20 heteroatoms. The van der Waals surface area contributed by atoms with Gasteiger partial charge in [0.2, 0.25) is 0 Å². The fraction of sp³-hybridized carbons (Fsp3) is 0. The maximum Gasteiger partial charge on any atom is 0.127 e. The molecule has 38 radical (unpaired) electrons. The molecule has 9 aromatic rings. The molecule has 0 aliphatic heterocycles. The molecule has 1 aromatic heterocycles. The van der Waals surface area contributed by atoms with Crippen LogP contribution in [0.5, 0.6) is 0 Å². The number of benzene rings is 8. The van der Waals surface area contributed by atoms with Crippen molar-refractivity contribution in [3.8, 4) is 33.4 Å². The summed E-state index contributed by atoms with van der Waals surface area (Å²) in [4.78, 5) is 0. The predicted molar refractivity (Wildman–Crippen MR) is 285 cm³/mol. The van der Waals surface area contributed by atoms with Crippen LogP contribution in [-0.2, 0) is 0 Å². The average Bonchev–Trinajstić information content (AvgIpc) is 3.67. The minimum absolute atomic E-state index is 0.00662. The largest absolute Gasteiger partial charge is 0.457 e. The SMILES string of the molecule is [B]c1c([B])c(-c2c3c([B])c([B])c([B])c([B])c3c(-c3c([B])c([B])c4oc5c([B])c([B])c([B])c([B])c5c4c3[B])c3c([B])c([B])c([B])c([B])c23)c([B])c([B])c1-c1ccc2ccccc2c1. The minimum atomic E-state index is -0.114. The molecular weight excluding hydrogens is 726 g/mol. The van der Waals surface area contributed by atoms with Gasteiger partial charge in [-0.25, -0.2) is 0 Å². The topological polar surface area (TPSA) is 13.1 Å². The number of fused-ring (bicyclic) bond motifs is 6. The first kappa shape index (κ1) is 42.9. The summed E-state index contributed by atoms with van der Waals surface area (Å²) in [5.41, 5.74) is 0.505. The van der Waals surface area contributed by atoms with Crippen LogP contribution >= 0.6 is 0 Å². The third-order valence-electron chi connectivity index (χ3n) is 12.1. The second kappa shape index (κ2) is 14.8. The van der Waals surface area contributed by atoms with Gasteiger partial charge in [0.25, 0.3) is 0 Å². The third-order valence-corrected chi connectivity index (χ3v) is 12.1. The highest BCUT2D eigenvalue weighted by molar-refractivity contribution is 6.74. The van der Waals surface area contributed by atoms with E-state index in [9.17, 15) is 0 Å². The van der Waals surface area contributed by atoms with Crippen molar-refractivity contribution in [3.05, 3.63) is 42.5 Å². The van der Waals surface area contributed by atoms with E-state index in [1.165, 1.54) is 0 Å². The second-order valence-corrected chi connectivity index (χ2v) is 15.3. The maximum atomic E-state index is 7.18. The molecular formula is C42H7B19O. The summed E-state index contributed by atoms with van der Waals surface area (Å²) in [6, 6.07) is 13.5. The quantitative estimate of drug-likeness (QED) is 0.130. The van der Waals surface area contributed by atoms with Crippen molar-refractivity contribution in [1.82, 2.24) is 0 Å². The average molecular weight is 733 g/mol. The Morgan fingerprint density at radius 3 is 1.02 bits per heavy atom. The summed E-state index contributed by atoms with van der Waals surface area (Å²) in [5, 5.41) is 2.70. The van der Waals surface area contributed by atoms with Crippen LogP contribution < -0.4 is 104 Å². The van der Waals surface area contributed by atoms with E-state index in [1.807, 2.05) is 42.5 Å². The van der Waals surface area contributed by atoms with Gasteiger partial charge < -0.3 is 4.42 Å². The monoisotopic (exact) mass is 736 g/mol. The molecule has 0 bridgehead atoms. The molecule has 0 spiro atoms. The van der Waals surface area contributed by atoms with Crippen LogP contribution in [0.3, 0.4) is 0 Å². The molecule has 0 saturated heterocycles. The highest BCUT2D eigenvalue weighted by Gasteiger charge is 2.30. The first-order chi connectivity index (χ1) is 29.2. The standard InChI is InChI=1S/C42H7B19O/c43-22-18(31(52)39(60)41-20(22)21-32(53)37(58)38(59)40(61)42(21)62-41)12-14-16(27(48)35(56)33(54)25(14)46)13(17-15(12)26(47)34(55)36(57)28(17)49)19-29(50)23(44)11(24(45)30(19)51)10-6-5-8-3-1-2-4-9(8)7-10/h1-7H. The smallest absolute Gasteiger partial charge is 0.127 e. The van der Waals surface area contributed by atoms with Gasteiger partial charge in [-0.3, -0.25) is 0 Å². The Morgan fingerprint density at radius 2 is 0.565 bits per heavy atom. The normalized spacial score (nSPS) is 11.8. The van der Waals surface area contributed by atoms with Crippen LogP contribution in [-0.4, -0.2) is 149 Å². The number of hydrogen-bond donors (Lipinski definition) is 0. The van der Waals surface area contributed by atoms with Gasteiger partial charge in [-0.1, -0.05) is 107 Å². The lowest BCUT2D eigenvalue weighted by atomic mass is 9.56. The Labute approximate surface area is 385 Å². The van der Waals surface area contributed by atoms with Crippen LogP contribution in [0.2, 0.25) is 0 Å². The van der Waals surface area contributed by atoms with E-state index in [-0.39, 0.29) is 170 Å². The van der Waals surface area contributed by atoms with E-state index >= 15 is 0 Å². The summed E-state index contributed by atoms with van der Waals surface area (Å²) in [6.45, 7) is 0. The van der Waals surface area contributed by atoms with Crippen LogP contribution in [0.15, 0.2) is 46.9 Å². The fourth-order valence-corrected chi connectivity index (χ4v) is 8.87. The van der Waals surface area contributed by atoms with Crippen molar-refractivity contribution in [2.24, 2.45) is 0 Å². The molecule has 0 unspecified atom stereocenters. The van der Waals surface area contributed by atoms with Gasteiger partial charge in [0.05, 0.1) is 0 Å². The van der Waals surface area contributed by atoms with Gasteiger partial charge in [-0.15, -0.1) is 32.8 Å². The van der Waals surface area contributed by atoms with E-state index in [2.05, 4.69) is 0 Å². The van der Waals surface area contributed by atoms with Crippen molar-refractivity contribution in [2.45, 2.75) is 0 Å². The lowest BCUT2D eigenvalue weighted by molar-refractivity contribution is 0.675. The highest BCUT2D eigenvalue weighted by atomic mass is 16.3. The predicted octanol–water partition coefficient (Wildman–Crippen LogP) is -10.9. The Balaban J connectivity index is 1.54. The molecule has 0 N–H and O–H groups in total. The molecule has 0 amide bonds. The Kier molecular flexibility index (Phi) is 10.2. The molecule has 8 aromatic carbocycles. The molecule has 0 aliphatic rings. The van der Waals surface area contributed by atoms with Crippen LogP contribution in [0, 0.1) is 0 Å². The number of hydrogen-bond acceptors (Lipinski definition) is 1. The second-order valence-electron chi connectivity index (χ2n) is 15.3. The molecule has 0 fully saturated rings. The first-order valence-corrected chi connectivity index (χ1v) is 18.7. The molecule has 0 saturated carbocycles. The minimum Gasteiger partial charge on any atom is -0.457 e. The van der Waals surface area contributed by atoms with Crippen molar-refractivity contribution in [2.75, 3.05) is 0 Å². The summed E-state index contributed by atoms with van der Waals surface area (Å²) < 4.78 is 6.16. The lowest BCUT2D eigenvalue weighted by Crippen LogP contribution is -2.51. The van der Waals surface area contributed by atoms with E-state index in [1.54, 1.807) is 0 Å². The van der Waals surface area contributed by atoms with E-state index in [0.29, 0.717) is 11.1 Å². The zero-order valence-corrected chi connectivity index (χ0v) is 32.9. The maximum absolute atomic E-state index is 7.18. The van der Waals surface area contributed by atoms with Gasteiger partial charge in [-0.2, -0.15) is 0 Å². The van der Waals surface area contributed by atoms with E-state index in [4.69, 9.17) is 153 Å². The molecule has 9 rings (SSSR count). The number of rotatable bonds is 3. The summed E-state index contributed by atoms with van der Waals surface area (Å²) in [7, 11) is 129. The van der Waals surface area contributed by atoms with E-state index in [0.717, 1.165) is 10.8 Å². The van der Waals surface area contributed by atoms with Crippen LogP contribution in [0.1, 0.15) is 0 Å². The van der Waals surface area contributed by atoms with Crippen molar-refractivity contribution < 1.29 is 4.42 Å².